The van der Waals surface area contributed by atoms with E-state index in [0.717, 1.165) is 47.1 Å². The first-order chi connectivity index (χ1) is 13.3. The fourth-order valence-corrected chi connectivity index (χ4v) is 4.47. The molecule has 2 aromatic carbocycles. The molecular weight excluding hydrogens is 390 g/mol. The van der Waals surface area contributed by atoms with E-state index in [2.05, 4.69) is 39.8 Å². The molecule has 29 heavy (non-hydrogen) atoms. The number of ether oxygens (including phenoxy) is 4. The highest BCUT2D eigenvalue weighted by atomic mass is 35.5. The number of fused-ring (bicyclic) bond motifs is 4. The molecule has 3 aliphatic heterocycles. The molecule has 0 bridgehead atoms. The molecule has 5 nitrogen and oxygen atoms in total. The van der Waals surface area contributed by atoms with Crippen LogP contribution in [-0.2, 0) is 12.8 Å². The van der Waals surface area contributed by atoms with Crippen molar-refractivity contribution in [3.63, 3.8) is 0 Å². The van der Waals surface area contributed by atoms with Crippen LogP contribution in [0.15, 0.2) is 29.3 Å². The normalized spacial score (nSPS) is 19.4. The van der Waals surface area contributed by atoms with E-state index < -0.39 is 0 Å². The van der Waals surface area contributed by atoms with Crippen molar-refractivity contribution in [2.24, 2.45) is 4.99 Å². The van der Waals surface area contributed by atoms with Crippen LogP contribution in [0.3, 0.4) is 0 Å². The maximum atomic E-state index is 6.27. The number of rotatable bonds is 2. The van der Waals surface area contributed by atoms with E-state index in [1.54, 1.807) is 7.11 Å². The highest BCUT2D eigenvalue weighted by Gasteiger charge is 2.39. The van der Waals surface area contributed by atoms with Crippen LogP contribution in [0.1, 0.15) is 49.9 Å². The van der Waals surface area contributed by atoms with E-state index >= 15 is 0 Å². The molecule has 0 unspecified atom stereocenters. The maximum Gasteiger partial charge on any atom is 0.231 e. The minimum atomic E-state index is -0.266. The van der Waals surface area contributed by atoms with Gasteiger partial charge < -0.3 is 18.9 Å². The Morgan fingerprint density at radius 3 is 2.52 bits per heavy atom. The maximum absolute atomic E-state index is 6.27. The Hall–Kier alpha value is -2.40. The first-order valence-electron chi connectivity index (χ1n) is 9.68. The number of hydrogen-bond acceptors (Lipinski definition) is 5. The summed E-state index contributed by atoms with van der Waals surface area (Å²) in [5.41, 5.74) is 5.18. The summed E-state index contributed by atoms with van der Waals surface area (Å²) in [7, 11) is 1.71. The van der Waals surface area contributed by atoms with Crippen LogP contribution in [0.4, 0.5) is 0 Å². The monoisotopic (exact) mass is 415 g/mol. The first-order valence-corrected chi connectivity index (χ1v) is 9.68. The predicted octanol–water partition coefficient (Wildman–Crippen LogP) is 4.73. The van der Waals surface area contributed by atoms with Crippen LogP contribution in [0.2, 0.25) is 0 Å². The van der Waals surface area contributed by atoms with Gasteiger partial charge >= 0.3 is 0 Å². The zero-order chi connectivity index (χ0) is 19.7. The van der Waals surface area contributed by atoms with Crippen LogP contribution in [0.5, 0.6) is 23.0 Å². The third-order valence-corrected chi connectivity index (χ3v) is 5.55. The summed E-state index contributed by atoms with van der Waals surface area (Å²) >= 11 is 0. The van der Waals surface area contributed by atoms with Crippen molar-refractivity contribution in [2.75, 3.05) is 13.9 Å². The Morgan fingerprint density at radius 1 is 1.00 bits per heavy atom. The van der Waals surface area contributed by atoms with Gasteiger partial charge in [-0.1, -0.05) is 0 Å². The number of benzene rings is 2. The van der Waals surface area contributed by atoms with Crippen LogP contribution in [0.25, 0.3) is 0 Å². The fraction of sp³-hybridized carbons (Fsp3) is 0.435. The molecule has 5 rings (SSSR count). The van der Waals surface area contributed by atoms with Gasteiger partial charge in [-0.15, -0.1) is 12.4 Å². The lowest BCUT2D eigenvalue weighted by molar-refractivity contribution is 0.134. The van der Waals surface area contributed by atoms with Gasteiger partial charge in [0.2, 0.25) is 6.79 Å². The van der Waals surface area contributed by atoms with Crippen LogP contribution in [0, 0.1) is 0 Å². The molecule has 0 saturated carbocycles. The number of halogens is 1. The van der Waals surface area contributed by atoms with Crippen molar-refractivity contribution in [1.29, 1.82) is 0 Å². The lowest BCUT2D eigenvalue weighted by Crippen LogP contribution is -2.30. The summed E-state index contributed by atoms with van der Waals surface area (Å²) in [5.74, 6) is 3.21. The average Bonchev–Trinajstić information content (AvgIpc) is 3.21. The summed E-state index contributed by atoms with van der Waals surface area (Å²) in [4.78, 5) is 5.16. The lowest BCUT2D eigenvalue weighted by Gasteiger charge is -2.31. The number of hydrogen-bond donors (Lipinski definition) is 0. The van der Waals surface area contributed by atoms with Gasteiger partial charge in [0.1, 0.15) is 5.60 Å². The zero-order valence-electron chi connectivity index (χ0n) is 17.4. The Labute approximate surface area is 177 Å². The summed E-state index contributed by atoms with van der Waals surface area (Å²) in [6.07, 6.45) is 1.69. The summed E-state index contributed by atoms with van der Waals surface area (Å²) in [6.45, 7) is 8.83. The number of aliphatic imine (C=N–C) groups is 1. The van der Waals surface area contributed by atoms with Gasteiger partial charge in [-0.2, -0.15) is 0 Å². The molecule has 0 radical (unpaired) electrons. The van der Waals surface area contributed by atoms with E-state index in [4.69, 9.17) is 23.9 Å². The van der Waals surface area contributed by atoms with Crippen molar-refractivity contribution in [1.82, 2.24) is 0 Å². The van der Waals surface area contributed by atoms with Crippen LogP contribution >= 0.6 is 12.4 Å². The molecule has 0 spiro atoms. The molecule has 0 saturated heterocycles. The molecule has 0 N–H and O–H groups in total. The Kier molecular flexibility index (Phi) is 4.50. The second-order valence-corrected chi connectivity index (χ2v) is 8.98. The largest absolute Gasteiger partial charge is 0.493 e. The summed E-state index contributed by atoms with van der Waals surface area (Å²) in [5, 5.41) is 0. The fourth-order valence-electron chi connectivity index (χ4n) is 4.47. The molecule has 2 aromatic rings. The molecule has 0 fully saturated rings. The van der Waals surface area contributed by atoms with Crippen molar-refractivity contribution in [2.45, 2.75) is 51.7 Å². The predicted molar refractivity (Wildman–Crippen MR) is 115 cm³/mol. The van der Waals surface area contributed by atoms with E-state index in [0.29, 0.717) is 0 Å². The Balaban J connectivity index is 0.00000205. The van der Waals surface area contributed by atoms with Gasteiger partial charge in [-0.25, -0.2) is 0 Å². The molecule has 3 aliphatic rings. The average molecular weight is 416 g/mol. The van der Waals surface area contributed by atoms with Gasteiger partial charge in [0, 0.05) is 23.1 Å². The highest BCUT2D eigenvalue weighted by Crippen LogP contribution is 2.48. The summed E-state index contributed by atoms with van der Waals surface area (Å²) in [6, 6.07) is 8.18. The Bertz CT molecular complexity index is 1030. The molecule has 0 aromatic heterocycles. The second-order valence-electron chi connectivity index (χ2n) is 8.98. The minimum absolute atomic E-state index is 0. The van der Waals surface area contributed by atoms with E-state index in [-0.39, 0.29) is 30.3 Å². The first kappa shape index (κ1) is 19.9. The Morgan fingerprint density at radius 2 is 1.76 bits per heavy atom. The van der Waals surface area contributed by atoms with E-state index in [1.165, 1.54) is 16.7 Å². The SMILES string of the molecule is COc1cc2c(c3c1OC(C)(C)C3)C(c1ccc3c(c1)OCO3)=NC(C)(C)C2.Cl. The van der Waals surface area contributed by atoms with Gasteiger partial charge in [0.25, 0.3) is 0 Å². The van der Waals surface area contributed by atoms with E-state index in [9.17, 15) is 0 Å². The van der Waals surface area contributed by atoms with Crippen molar-refractivity contribution >= 4 is 18.1 Å². The zero-order valence-corrected chi connectivity index (χ0v) is 18.2. The smallest absolute Gasteiger partial charge is 0.231 e. The molecule has 0 amide bonds. The number of nitrogens with zero attached hydrogens (tertiary/aromatic N) is 1. The molecule has 0 atom stereocenters. The molecular formula is C23H26ClNO4. The topological polar surface area (TPSA) is 49.3 Å². The summed E-state index contributed by atoms with van der Waals surface area (Å²) < 4.78 is 23.0. The molecule has 0 aliphatic carbocycles. The van der Waals surface area contributed by atoms with Gasteiger partial charge in [-0.3, -0.25) is 4.99 Å². The third-order valence-electron chi connectivity index (χ3n) is 5.55. The second kappa shape index (κ2) is 6.56. The van der Waals surface area contributed by atoms with Crippen molar-refractivity contribution < 1.29 is 18.9 Å². The quantitative estimate of drug-likeness (QED) is 0.711. The molecule has 154 valence electrons. The van der Waals surface area contributed by atoms with E-state index in [1.807, 2.05) is 12.1 Å². The minimum Gasteiger partial charge on any atom is -0.493 e. The number of methoxy groups -OCH3 is 1. The van der Waals surface area contributed by atoms with Crippen LogP contribution in [-0.4, -0.2) is 30.8 Å². The molecule has 6 heteroatoms. The molecule has 3 heterocycles. The standard InChI is InChI=1S/C23H25NO4.ClH/c1-22(2)10-14-9-18(25-5)21-15(11-23(3,4)28-21)19(14)20(24-22)13-6-7-16-17(8-13)27-12-26-16;/h6-9H,10-12H2,1-5H3;1H. The van der Waals surface area contributed by atoms with Crippen molar-refractivity contribution in [3.05, 3.63) is 46.5 Å². The van der Waals surface area contributed by atoms with Gasteiger partial charge in [0.05, 0.1) is 18.4 Å². The van der Waals surface area contributed by atoms with Gasteiger partial charge in [-0.05, 0) is 63.9 Å². The third kappa shape index (κ3) is 3.21. The highest BCUT2D eigenvalue weighted by molar-refractivity contribution is 6.16. The van der Waals surface area contributed by atoms with Crippen molar-refractivity contribution in [3.8, 4) is 23.0 Å². The lowest BCUT2D eigenvalue weighted by atomic mass is 9.81. The van der Waals surface area contributed by atoms with Crippen LogP contribution < -0.4 is 18.9 Å². The van der Waals surface area contributed by atoms with Gasteiger partial charge in [0.15, 0.2) is 23.0 Å².